The summed E-state index contributed by atoms with van der Waals surface area (Å²) in [5, 5.41) is 21.7. The minimum absolute atomic E-state index is 0.00419. The Hall–Kier alpha value is -3.48. The number of aliphatic hydroxyl groups is 1. The van der Waals surface area contributed by atoms with E-state index in [-0.39, 0.29) is 6.42 Å². The number of aliphatic carboxylic acids is 1. The molecule has 0 fully saturated rings. The molecule has 6 nitrogen and oxygen atoms in total. The van der Waals surface area contributed by atoms with Crippen LogP contribution in [-0.4, -0.2) is 45.3 Å². The topological polar surface area (TPSA) is 82.9 Å². The van der Waals surface area contributed by atoms with Gasteiger partial charge >= 0.3 is 5.97 Å². The molecule has 0 spiro atoms. The number of ether oxygens (including phenoxy) is 1. The maximum Gasteiger partial charge on any atom is 0.307 e. The van der Waals surface area contributed by atoms with E-state index >= 15 is 0 Å². The van der Waals surface area contributed by atoms with E-state index in [1.165, 1.54) is 16.5 Å². The minimum atomic E-state index is -0.813. The number of benzene rings is 3. The van der Waals surface area contributed by atoms with Crippen molar-refractivity contribution in [1.29, 1.82) is 0 Å². The third-order valence-corrected chi connectivity index (χ3v) is 6.57. The number of carbonyl (C=O) groups is 1. The van der Waals surface area contributed by atoms with Crippen molar-refractivity contribution in [2.45, 2.75) is 52.3 Å². The van der Waals surface area contributed by atoms with Crippen LogP contribution in [0.1, 0.15) is 43.0 Å². The summed E-state index contributed by atoms with van der Waals surface area (Å²) in [5.74, 6) is 0.0467. The highest BCUT2D eigenvalue weighted by Gasteiger charge is 2.28. The Kier molecular flexibility index (Phi) is 6.18. The van der Waals surface area contributed by atoms with Crippen molar-refractivity contribution in [2.75, 3.05) is 13.7 Å². The Labute approximate surface area is 211 Å². The van der Waals surface area contributed by atoms with Gasteiger partial charge in [-0.05, 0) is 84.6 Å². The number of pyridine rings is 1. The second-order valence-electron chi connectivity index (χ2n) is 10.7. The highest BCUT2D eigenvalue weighted by Crippen LogP contribution is 2.45. The quantitative estimate of drug-likeness (QED) is 0.409. The molecule has 0 aliphatic carbocycles. The van der Waals surface area contributed by atoms with Crippen LogP contribution in [0.15, 0.2) is 48.7 Å². The van der Waals surface area contributed by atoms with Crippen LogP contribution in [0.2, 0.25) is 0 Å². The number of rotatable bonds is 3. The SMILES string of the molecule is CC(C)(C)O.CN1Cc2c(CC(=O)O)c(-c3ccc4c5c(ccnc35)CCO4)c3ccccc3c2C1. The van der Waals surface area contributed by atoms with Gasteiger partial charge < -0.3 is 14.9 Å². The van der Waals surface area contributed by atoms with E-state index in [4.69, 9.17) is 14.8 Å². The summed E-state index contributed by atoms with van der Waals surface area (Å²) in [6.07, 6.45) is 2.71. The highest BCUT2D eigenvalue weighted by atomic mass is 16.5. The summed E-state index contributed by atoms with van der Waals surface area (Å²) in [4.78, 5) is 19.0. The summed E-state index contributed by atoms with van der Waals surface area (Å²) >= 11 is 0. The zero-order chi connectivity index (χ0) is 25.6. The molecule has 4 aromatic rings. The molecule has 0 radical (unpaired) electrons. The van der Waals surface area contributed by atoms with Crippen molar-refractivity contribution in [2.24, 2.45) is 0 Å². The summed E-state index contributed by atoms with van der Waals surface area (Å²) in [6.45, 7) is 7.49. The van der Waals surface area contributed by atoms with Crippen molar-refractivity contribution in [1.82, 2.24) is 9.88 Å². The molecule has 0 atom stereocenters. The van der Waals surface area contributed by atoms with E-state index in [1.54, 1.807) is 20.8 Å². The molecule has 0 saturated carbocycles. The van der Waals surface area contributed by atoms with Crippen molar-refractivity contribution in [3.63, 3.8) is 0 Å². The van der Waals surface area contributed by atoms with Gasteiger partial charge in [0.15, 0.2) is 0 Å². The van der Waals surface area contributed by atoms with Crippen LogP contribution in [0, 0.1) is 0 Å². The summed E-state index contributed by atoms with van der Waals surface area (Å²) < 4.78 is 5.92. The molecule has 2 N–H and O–H groups in total. The van der Waals surface area contributed by atoms with Crippen molar-refractivity contribution < 1.29 is 19.7 Å². The normalized spacial score (nSPS) is 14.8. The van der Waals surface area contributed by atoms with Gasteiger partial charge in [0.05, 0.1) is 24.1 Å². The molecule has 6 heteroatoms. The van der Waals surface area contributed by atoms with Crippen molar-refractivity contribution in [3.8, 4) is 16.9 Å². The fourth-order valence-electron chi connectivity index (χ4n) is 5.35. The molecule has 0 saturated heterocycles. The smallest absolute Gasteiger partial charge is 0.307 e. The Morgan fingerprint density at radius 1 is 1.06 bits per heavy atom. The fourth-order valence-corrected chi connectivity index (χ4v) is 5.35. The van der Waals surface area contributed by atoms with Crippen molar-refractivity contribution in [3.05, 3.63) is 70.9 Å². The predicted octanol–water partition coefficient (Wildman–Crippen LogP) is 5.34. The molecule has 0 bridgehead atoms. The number of fused-ring (bicyclic) bond motifs is 3. The van der Waals surface area contributed by atoms with E-state index in [1.807, 2.05) is 18.3 Å². The van der Waals surface area contributed by atoms with E-state index in [0.29, 0.717) is 6.61 Å². The lowest BCUT2D eigenvalue weighted by atomic mass is 9.84. The second-order valence-corrected chi connectivity index (χ2v) is 10.7. The number of hydrogen-bond donors (Lipinski definition) is 2. The van der Waals surface area contributed by atoms with Crippen LogP contribution >= 0.6 is 0 Å². The fraction of sp³-hybridized carbons (Fsp3) is 0.333. The van der Waals surface area contributed by atoms with Crippen LogP contribution < -0.4 is 4.74 Å². The lowest BCUT2D eigenvalue weighted by Gasteiger charge is -2.22. The molecule has 0 amide bonds. The monoisotopic (exact) mass is 484 g/mol. The first-order valence-corrected chi connectivity index (χ1v) is 12.3. The third kappa shape index (κ3) is 4.54. The maximum absolute atomic E-state index is 11.9. The molecule has 186 valence electrons. The van der Waals surface area contributed by atoms with Crippen LogP contribution in [0.3, 0.4) is 0 Å². The lowest BCUT2D eigenvalue weighted by molar-refractivity contribution is -0.136. The molecular formula is C30H32N2O4. The molecule has 2 aliphatic rings. The molecular weight excluding hydrogens is 452 g/mol. The van der Waals surface area contributed by atoms with Gasteiger partial charge in [-0.2, -0.15) is 0 Å². The molecule has 3 heterocycles. The average Bonchev–Trinajstić information content (AvgIpc) is 3.21. The number of aromatic nitrogens is 1. The van der Waals surface area contributed by atoms with Crippen LogP contribution in [0.5, 0.6) is 5.75 Å². The first kappa shape index (κ1) is 24.2. The van der Waals surface area contributed by atoms with E-state index < -0.39 is 11.6 Å². The standard InChI is InChI=1S/C26H22N2O3.C4H10O/c1-28-13-20-16-4-2-3-5-17(16)25(19(12-23(29)30)21(20)14-28)18-6-7-22-24-15(9-11-31-22)8-10-27-26(18)24;1-4(2,3)5/h2-8,10H,9,11-14H2,1H3,(H,29,30);5H,1-3H3. The van der Waals surface area contributed by atoms with Gasteiger partial charge in [0.2, 0.25) is 0 Å². The van der Waals surface area contributed by atoms with E-state index in [0.717, 1.165) is 63.8 Å². The van der Waals surface area contributed by atoms with Crippen LogP contribution in [0.25, 0.3) is 32.8 Å². The van der Waals surface area contributed by atoms with Gasteiger partial charge in [-0.1, -0.05) is 24.3 Å². The van der Waals surface area contributed by atoms with E-state index in [2.05, 4.69) is 42.3 Å². The van der Waals surface area contributed by atoms with Gasteiger partial charge in [0.25, 0.3) is 0 Å². The highest BCUT2D eigenvalue weighted by molar-refractivity contribution is 6.09. The zero-order valence-electron chi connectivity index (χ0n) is 21.3. The van der Waals surface area contributed by atoms with Crippen molar-refractivity contribution >= 4 is 27.6 Å². The Bertz CT molecular complexity index is 1470. The Balaban J connectivity index is 0.000000489. The largest absolute Gasteiger partial charge is 0.493 e. The van der Waals surface area contributed by atoms with Crippen LogP contribution in [0.4, 0.5) is 0 Å². The Morgan fingerprint density at radius 2 is 1.75 bits per heavy atom. The molecule has 1 aromatic heterocycles. The lowest BCUT2D eigenvalue weighted by Crippen LogP contribution is -2.11. The number of carboxylic acid groups (broad SMARTS) is 1. The summed E-state index contributed by atoms with van der Waals surface area (Å²) in [5.41, 5.74) is 6.90. The first-order valence-electron chi connectivity index (χ1n) is 12.3. The minimum Gasteiger partial charge on any atom is -0.493 e. The molecule has 36 heavy (non-hydrogen) atoms. The predicted molar refractivity (Wildman–Crippen MR) is 142 cm³/mol. The third-order valence-electron chi connectivity index (χ3n) is 6.57. The van der Waals surface area contributed by atoms with Gasteiger partial charge in [0, 0.05) is 36.7 Å². The molecule has 6 rings (SSSR count). The molecule has 0 unspecified atom stereocenters. The number of nitrogens with zero attached hydrogens (tertiary/aromatic N) is 2. The summed E-state index contributed by atoms with van der Waals surface area (Å²) in [7, 11) is 2.08. The van der Waals surface area contributed by atoms with E-state index in [9.17, 15) is 9.90 Å². The number of carboxylic acids is 1. The molecule has 3 aromatic carbocycles. The van der Waals surface area contributed by atoms with Gasteiger partial charge in [-0.25, -0.2) is 0 Å². The Morgan fingerprint density at radius 3 is 2.47 bits per heavy atom. The summed E-state index contributed by atoms with van der Waals surface area (Å²) in [6, 6.07) is 14.5. The maximum atomic E-state index is 11.9. The average molecular weight is 485 g/mol. The first-order chi connectivity index (χ1) is 17.1. The second kappa shape index (κ2) is 9.19. The van der Waals surface area contributed by atoms with Gasteiger partial charge in [0.1, 0.15) is 5.75 Å². The van der Waals surface area contributed by atoms with Gasteiger partial charge in [-0.3, -0.25) is 14.7 Å². The number of hydrogen-bond acceptors (Lipinski definition) is 5. The van der Waals surface area contributed by atoms with Crippen LogP contribution in [-0.2, 0) is 30.7 Å². The molecule has 2 aliphatic heterocycles. The van der Waals surface area contributed by atoms with Gasteiger partial charge in [-0.15, -0.1) is 0 Å². The zero-order valence-corrected chi connectivity index (χ0v) is 21.3.